The average molecular weight is 1770 g/mol. The van der Waals surface area contributed by atoms with E-state index in [9.17, 15) is 47.9 Å². The number of benzene rings is 6. The molecule has 36 heteroatoms. The van der Waals surface area contributed by atoms with Crippen LogP contribution >= 0.6 is 69.1 Å². The number of carbonyl (C=O) groups excluding carboxylic acids is 10. The van der Waals surface area contributed by atoms with Gasteiger partial charge in [-0.25, -0.2) is 0 Å². The van der Waals surface area contributed by atoms with Crippen LogP contribution in [0.15, 0.2) is 152 Å². The van der Waals surface area contributed by atoms with Crippen LogP contribution in [0.2, 0.25) is 20.1 Å². The van der Waals surface area contributed by atoms with E-state index < -0.39 is 36.0 Å². The lowest BCUT2D eigenvalue weighted by atomic mass is 9.99. The van der Waals surface area contributed by atoms with Gasteiger partial charge in [-0.1, -0.05) is 82.8 Å². The summed E-state index contributed by atoms with van der Waals surface area (Å²) in [6.45, 7) is 12.9. The van der Waals surface area contributed by atoms with Crippen LogP contribution in [0.1, 0.15) is 175 Å². The summed E-state index contributed by atoms with van der Waals surface area (Å²) >= 11 is 28.8. The fraction of sp³-hybridized carbons (Fsp3) is 0.310. The maximum atomic E-state index is 13.4. The van der Waals surface area contributed by atoms with Crippen molar-refractivity contribution in [2.24, 2.45) is 30.4 Å². The molecule has 0 bridgehead atoms. The molecule has 6 aliphatic rings. The Kier molecular flexibility index (Phi) is 25.7. The van der Waals surface area contributed by atoms with Gasteiger partial charge in [-0.2, -0.15) is 15.3 Å². The molecule has 2 fully saturated rings. The van der Waals surface area contributed by atoms with Gasteiger partial charge in [0.05, 0.1) is 57.9 Å². The molecule has 0 spiro atoms. The quantitative estimate of drug-likeness (QED) is 0.0222. The van der Waals surface area contributed by atoms with Gasteiger partial charge in [-0.15, -0.1) is 48.2 Å². The SMILES string of the molecule is Cc1sc2c(c1C)C(c1ccc(Cl)cc1)=NC(CC(=O)NCCCC(=O)CN(C)c1ccc(N=Nc3cccc4c3CN(C3CCC(=O)NC3=O)C4=O)cc1)c1nnc(C)n1-2.Cc1sc2c(c1C)C(c1ccc(Cl)cc1)=NC(CC(=O)NCCCC(=O)COc1cc(Cl)c(N=Nc3cccc4c3CN(C3CCC(=O)NC3=O)C4=O)c(Cl)c1)c1nnc(C)n1-2. The van der Waals surface area contributed by atoms with E-state index in [1.165, 1.54) is 21.9 Å². The Hall–Kier alpha value is -12.2. The third-order valence-corrected chi connectivity index (χ3v) is 25.6. The highest BCUT2D eigenvalue weighted by molar-refractivity contribution is 7.15. The van der Waals surface area contributed by atoms with Crippen LogP contribution < -0.4 is 30.9 Å². The van der Waals surface area contributed by atoms with Crippen molar-refractivity contribution in [3.63, 3.8) is 0 Å². The number of hydrogen-bond donors (Lipinski definition) is 4. The highest BCUT2D eigenvalue weighted by atomic mass is 35.5. The number of aryl methyl sites for hydroxylation is 4. The molecular formula is C87H81Cl4N19O11S2. The monoisotopic (exact) mass is 1770 g/mol. The second-order valence-electron chi connectivity index (χ2n) is 30.4. The molecule has 16 rings (SSSR count). The van der Waals surface area contributed by atoms with Crippen LogP contribution in [0.3, 0.4) is 0 Å². The Bertz CT molecular complexity index is 6070. The zero-order valence-electron chi connectivity index (χ0n) is 67.7. The second-order valence-corrected chi connectivity index (χ2v) is 34.5. The van der Waals surface area contributed by atoms with Crippen LogP contribution in [-0.2, 0) is 51.4 Å². The van der Waals surface area contributed by atoms with E-state index in [2.05, 4.69) is 89.8 Å². The van der Waals surface area contributed by atoms with Gasteiger partial charge < -0.3 is 30.1 Å². The third kappa shape index (κ3) is 18.5. The molecule has 6 aliphatic heterocycles. The van der Waals surface area contributed by atoms with Crippen molar-refractivity contribution in [1.82, 2.24) is 60.6 Å². The number of ether oxygens (including phenoxy) is 1. The molecule has 2 saturated heterocycles. The van der Waals surface area contributed by atoms with Crippen molar-refractivity contribution >= 4 is 168 Å². The number of fused-ring (bicyclic) bond motifs is 8. The molecule has 0 saturated carbocycles. The number of likely N-dealkylation sites (N-methyl/N-ethyl adjacent to an activating group) is 1. The van der Waals surface area contributed by atoms with Gasteiger partial charge in [0, 0.05) is 141 Å². The molecule has 0 aliphatic carbocycles. The molecular weight excluding hydrogens is 1690 g/mol. The lowest BCUT2D eigenvalue weighted by Gasteiger charge is -2.29. The number of carbonyl (C=O) groups is 10. The minimum absolute atomic E-state index is 0.0206. The molecule has 630 valence electrons. The van der Waals surface area contributed by atoms with E-state index in [-0.39, 0.29) is 153 Å². The summed E-state index contributed by atoms with van der Waals surface area (Å²) in [5, 5.41) is 49.0. The number of azo groups is 2. The zero-order chi connectivity index (χ0) is 86.8. The Balaban J connectivity index is 0.000000191. The van der Waals surface area contributed by atoms with E-state index in [4.69, 9.17) is 61.1 Å². The first-order valence-electron chi connectivity index (χ1n) is 39.7. The Morgan fingerprint density at radius 2 is 1.00 bits per heavy atom. The minimum Gasteiger partial charge on any atom is -0.486 e. The normalized spacial score (nSPS) is 17.1. The van der Waals surface area contributed by atoms with E-state index in [0.717, 1.165) is 70.2 Å². The predicted octanol–water partition coefficient (Wildman–Crippen LogP) is 15.2. The van der Waals surface area contributed by atoms with Crippen LogP contribution in [-0.4, -0.2) is 155 Å². The lowest BCUT2D eigenvalue weighted by Crippen LogP contribution is -2.52. The number of rotatable bonds is 26. The van der Waals surface area contributed by atoms with Crippen LogP contribution in [0.5, 0.6) is 5.75 Å². The topological polar surface area (TPSA) is 373 Å². The number of nitrogens with zero attached hydrogens (tertiary/aromatic N) is 15. The summed E-state index contributed by atoms with van der Waals surface area (Å²) in [6, 6.07) is 32.7. The minimum atomic E-state index is -0.769. The molecule has 30 nitrogen and oxygen atoms in total. The summed E-state index contributed by atoms with van der Waals surface area (Å²) in [5.74, 6) is -0.0713. The number of thiophene rings is 2. The number of aliphatic imine (C=N–C) groups is 2. The van der Waals surface area contributed by atoms with Crippen molar-refractivity contribution < 1.29 is 52.7 Å². The van der Waals surface area contributed by atoms with Crippen molar-refractivity contribution in [3.05, 3.63) is 230 Å². The molecule has 4 aromatic heterocycles. The molecule has 4 N–H and O–H groups in total. The van der Waals surface area contributed by atoms with Gasteiger partial charge in [0.25, 0.3) is 11.8 Å². The fourth-order valence-electron chi connectivity index (χ4n) is 15.5. The van der Waals surface area contributed by atoms with Crippen molar-refractivity contribution in [1.29, 1.82) is 0 Å². The molecule has 4 unspecified atom stereocenters. The first kappa shape index (κ1) is 85.8. The molecule has 8 amide bonds. The zero-order valence-corrected chi connectivity index (χ0v) is 72.4. The van der Waals surface area contributed by atoms with Crippen molar-refractivity contribution in [3.8, 4) is 15.8 Å². The number of imide groups is 2. The maximum Gasteiger partial charge on any atom is 0.255 e. The average Bonchev–Trinajstić information content (AvgIpc) is 1.60. The van der Waals surface area contributed by atoms with E-state index in [0.29, 0.717) is 92.0 Å². The molecule has 10 heterocycles. The molecule has 6 aromatic carbocycles. The number of anilines is 1. The largest absolute Gasteiger partial charge is 0.486 e. The fourth-order valence-corrected chi connectivity index (χ4v) is 18.7. The standard InChI is InChI=1S/C44H43ClN10O5S.C43H38Cl3N9O6S/c1-24-25(2)61-44-39(24)40(27-10-12-28(45)13-11-27)47-35(41-52-49-26(3)55(41)44)21-38(58)46-20-6-7-31(56)22-53(4)30-16-14-29(15-17-30)50-51-34-9-5-8-32-33(34)23-54(43(32)60)36-18-19-37(57)48-42(36)59;1-21-22(2)62-43-37(21)38(24-9-11-25(44)12-10-24)48-33(40-53-50-23(3)55(40)43)18-36(58)47-15-5-6-26(56)20-61-27-16-30(45)39(31(46)17-27)52-51-32-8-4-7-28-29(32)19-54(42(28)60)34-13-14-35(57)49-41(34)59/h5,8-17,35-36H,6-7,18-23H2,1-4H3,(H,46,58)(H,48,57,59);4,7-12,16-17,33-34H,5-6,13-15,18-20H2,1-3H3,(H,47,58)(H,49,57,59). The summed E-state index contributed by atoms with van der Waals surface area (Å²) in [5.41, 5.74) is 12.0. The van der Waals surface area contributed by atoms with Gasteiger partial charge in [-0.05, 0) is 151 Å². The first-order valence-corrected chi connectivity index (χ1v) is 42.9. The summed E-state index contributed by atoms with van der Waals surface area (Å²) in [7, 11) is 1.84. The van der Waals surface area contributed by atoms with Crippen LogP contribution in [0.4, 0.5) is 28.4 Å². The van der Waals surface area contributed by atoms with E-state index in [1.54, 1.807) is 71.2 Å². The van der Waals surface area contributed by atoms with Gasteiger partial charge in [-0.3, -0.25) is 77.7 Å². The van der Waals surface area contributed by atoms with E-state index in [1.807, 2.05) is 95.6 Å². The Morgan fingerprint density at radius 1 is 0.553 bits per heavy atom. The van der Waals surface area contributed by atoms with Gasteiger partial charge >= 0.3 is 0 Å². The molecule has 4 atom stereocenters. The smallest absolute Gasteiger partial charge is 0.255 e. The second kappa shape index (κ2) is 36.9. The summed E-state index contributed by atoms with van der Waals surface area (Å²) in [4.78, 5) is 144. The van der Waals surface area contributed by atoms with Crippen LogP contribution in [0, 0.1) is 41.5 Å². The number of ketones is 2. The number of halogens is 4. The van der Waals surface area contributed by atoms with E-state index >= 15 is 0 Å². The van der Waals surface area contributed by atoms with Gasteiger partial charge in [0.1, 0.15) is 63.9 Å². The molecule has 0 radical (unpaired) electrons. The Morgan fingerprint density at radius 3 is 1.46 bits per heavy atom. The van der Waals surface area contributed by atoms with Crippen molar-refractivity contribution in [2.75, 3.05) is 38.2 Å². The van der Waals surface area contributed by atoms with Crippen molar-refractivity contribution in [2.45, 2.75) is 143 Å². The molecule has 10 aromatic rings. The number of nitrogens with one attached hydrogen (secondary N) is 4. The number of piperidine rings is 2. The number of amides is 8. The predicted molar refractivity (Wildman–Crippen MR) is 465 cm³/mol. The van der Waals surface area contributed by atoms with Crippen LogP contribution in [0.25, 0.3) is 10.0 Å². The highest BCUT2D eigenvalue weighted by Gasteiger charge is 2.43. The highest BCUT2D eigenvalue weighted by Crippen LogP contribution is 2.45. The van der Waals surface area contributed by atoms with Gasteiger partial charge in [0.15, 0.2) is 23.2 Å². The maximum absolute atomic E-state index is 13.4. The third-order valence-electron chi connectivity index (χ3n) is 22.1. The number of hydrogen-bond acceptors (Lipinski definition) is 24. The summed E-state index contributed by atoms with van der Waals surface area (Å²) in [6.07, 6.45) is 2.21. The van der Waals surface area contributed by atoms with Gasteiger partial charge in [0.2, 0.25) is 35.4 Å². The number of Topliss-reactive ketones (excluding diaryl/α,β-unsaturated/α-hetero) is 2. The Labute approximate surface area is 733 Å². The lowest BCUT2D eigenvalue weighted by molar-refractivity contribution is -0.138. The first-order chi connectivity index (χ1) is 59.1. The number of aromatic nitrogens is 6. The summed E-state index contributed by atoms with van der Waals surface area (Å²) < 4.78 is 9.71. The molecule has 123 heavy (non-hydrogen) atoms.